The van der Waals surface area contributed by atoms with E-state index < -0.39 is 0 Å². The van der Waals surface area contributed by atoms with Crippen LogP contribution in [0.25, 0.3) is 0 Å². The Labute approximate surface area is 167 Å². The van der Waals surface area contributed by atoms with Gasteiger partial charge in [0.2, 0.25) is 0 Å². The van der Waals surface area contributed by atoms with Crippen molar-refractivity contribution >= 4 is 5.97 Å². The standard InChI is InChI=1S/C24H42O3/c1-4-5-6-7-8-9-10-11-12-13-14-15-16-17-18-19-24(2,3)23(25)27-21-22-20-26-22/h8-9,11-12,22H,4-7,10,13-21H2,1-3H3/b9-8-,12-11-. The molecule has 3 heteroatoms. The van der Waals surface area contributed by atoms with Crippen LogP contribution in [0.15, 0.2) is 24.3 Å². The minimum atomic E-state index is -0.373. The predicted octanol–water partition coefficient (Wildman–Crippen LogP) is 6.77. The summed E-state index contributed by atoms with van der Waals surface area (Å²) in [5.41, 5.74) is -0.373. The second kappa shape index (κ2) is 14.9. The van der Waals surface area contributed by atoms with Crippen LogP contribution in [0, 0.1) is 5.41 Å². The third-order valence-corrected chi connectivity index (χ3v) is 5.11. The van der Waals surface area contributed by atoms with Gasteiger partial charge in [0.25, 0.3) is 0 Å². The maximum absolute atomic E-state index is 12.1. The lowest BCUT2D eigenvalue weighted by molar-refractivity contribution is -0.154. The first-order valence-corrected chi connectivity index (χ1v) is 11.1. The molecule has 3 nitrogen and oxygen atoms in total. The van der Waals surface area contributed by atoms with E-state index in [9.17, 15) is 4.79 Å². The number of epoxide rings is 1. The fourth-order valence-electron chi connectivity index (χ4n) is 3.01. The van der Waals surface area contributed by atoms with Gasteiger partial charge in [0.05, 0.1) is 12.0 Å². The third-order valence-electron chi connectivity index (χ3n) is 5.11. The monoisotopic (exact) mass is 378 g/mol. The molecule has 1 heterocycles. The molecular weight excluding hydrogens is 336 g/mol. The third kappa shape index (κ3) is 13.7. The molecule has 1 aliphatic heterocycles. The Balaban J connectivity index is 1.90. The van der Waals surface area contributed by atoms with E-state index in [1.807, 2.05) is 13.8 Å². The molecule has 1 unspecified atom stereocenters. The van der Waals surface area contributed by atoms with Gasteiger partial charge in [-0.25, -0.2) is 0 Å². The van der Waals surface area contributed by atoms with E-state index in [1.54, 1.807) is 0 Å². The van der Waals surface area contributed by atoms with Crippen LogP contribution in [0.2, 0.25) is 0 Å². The summed E-state index contributed by atoms with van der Waals surface area (Å²) in [5, 5.41) is 0. The predicted molar refractivity (Wildman–Crippen MR) is 114 cm³/mol. The number of rotatable bonds is 17. The molecule has 0 aromatic heterocycles. The lowest BCUT2D eigenvalue weighted by atomic mass is 9.87. The van der Waals surface area contributed by atoms with E-state index in [1.165, 1.54) is 57.8 Å². The molecule has 0 bridgehead atoms. The number of hydrogen-bond acceptors (Lipinski definition) is 3. The molecule has 0 aliphatic carbocycles. The van der Waals surface area contributed by atoms with Crippen molar-refractivity contribution in [3.63, 3.8) is 0 Å². The van der Waals surface area contributed by atoms with Crippen LogP contribution in [0.4, 0.5) is 0 Å². The molecular formula is C24H42O3. The van der Waals surface area contributed by atoms with Crippen molar-refractivity contribution in [2.45, 2.75) is 104 Å². The summed E-state index contributed by atoms with van der Waals surface area (Å²) < 4.78 is 10.4. The number of allylic oxidation sites excluding steroid dienone is 4. The number of unbranched alkanes of at least 4 members (excludes halogenated alkanes) is 8. The summed E-state index contributed by atoms with van der Waals surface area (Å²) in [7, 11) is 0. The highest BCUT2D eigenvalue weighted by Gasteiger charge is 2.31. The number of esters is 1. The summed E-state index contributed by atoms with van der Waals surface area (Å²) in [6, 6.07) is 0. The maximum atomic E-state index is 12.1. The smallest absolute Gasteiger partial charge is 0.311 e. The van der Waals surface area contributed by atoms with Gasteiger partial charge < -0.3 is 9.47 Å². The molecule has 1 aliphatic rings. The maximum Gasteiger partial charge on any atom is 0.311 e. The van der Waals surface area contributed by atoms with Crippen molar-refractivity contribution in [3.8, 4) is 0 Å². The number of carbonyl (C=O) groups excluding carboxylic acids is 1. The highest BCUT2D eigenvalue weighted by Crippen LogP contribution is 2.26. The molecule has 1 saturated heterocycles. The molecule has 1 fully saturated rings. The highest BCUT2D eigenvalue weighted by atomic mass is 16.6. The van der Waals surface area contributed by atoms with E-state index >= 15 is 0 Å². The molecule has 1 atom stereocenters. The Morgan fingerprint density at radius 1 is 0.963 bits per heavy atom. The molecule has 0 aromatic rings. The van der Waals surface area contributed by atoms with E-state index in [0.29, 0.717) is 6.61 Å². The average Bonchev–Trinajstić information content (AvgIpc) is 3.47. The molecule has 0 aromatic carbocycles. The zero-order chi connectivity index (χ0) is 19.8. The summed E-state index contributed by atoms with van der Waals surface area (Å²) >= 11 is 0. The largest absolute Gasteiger partial charge is 0.462 e. The topological polar surface area (TPSA) is 38.8 Å². The molecule has 156 valence electrons. The summed E-state index contributed by atoms with van der Waals surface area (Å²) in [6.45, 7) is 7.39. The summed E-state index contributed by atoms with van der Waals surface area (Å²) in [4.78, 5) is 12.1. The molecule has 1 rings (SSSR count). The van der Waals surface area contributed by atoms with Gasteiger partial charge in [0.1, 0.15) is 12.7 Å². The molecule has 27 heavy (non-hydrogen) atoms. The van der Waals surface area contributed by atoms with Gasteiger partial charge in [-0.15, -0.1) is 0 Å². The van der Waals surface area contributed by atoms with E-state index in [2.05, 4.69) is 31.2 Å². The minimum Gasteiger partial charge on any atom is -0.462 e. The number of hydrogen-bond donors (Lipinski definition) is 0. The van der Waals surface area contributed by atoms with Gasteiger partial charge in [-0.1, -0.05) is 69.8 Å². The molecule has 0 saturated carbocycles. The highest BCUT2D eigenvalue weighted by molar-refractivity contribution is 5.75. The van der Waals surface area contributed by atoms with Crippen molar-refractivity contribution in [2.24, 2.45) is 5.41 Å². The molecule has 0 spiro atoms. The van der Waals surface area contributed by atoms with Crippen molar-refractivity contribution in [3.05, 3.63) is 24.3 Å². The van der Waals surface area contributed by atoms with Crippen molar-refractivity contribution in [1.29, 1.82) is 0 Å². The van der Waals surface area contributed by atoms with Crippen LogP contribution in [0.1, 0.15) is 97.8 Å². The van der Waals surface area contributed by atoms with E-state index in [4.69, 9.17) is 9.47 Å². The fraction of sp³-hybridized carbons (Fsp3) is 0.792. The minimum absolute atomic E-state index is 0.0810. The normalized spacial score (nSPS) is 17.1. The molecule has 0 N–H and O–H groups in total. The molecule has 0 amide bonds. The number of ether oxygens (including phenoxy) is 2. The SMILES string of the molecule is CCCCC/C=C\C/C=C\CCCCCCCC(C)(C)C(=O)OCC1CO1. The van der Waals surface area contributed by atoms with Gasteiger partial charge in [-0.2, -0.15) is 0 Å². The first-order valence-electron chi connectivity index (χ1n) is 11.1. The van der Waals surface area contributed by atoms with Gasteiger partial charge in [0, 0.05) is 0 Å². The van der Waals surface area contributed by atoms with Crippen LogP contribution < -0.4 is 0 Å². The first-order chi connectivity index (χ1) is 13.1. The average molecular weight is 379 g/mol. The second-order valence-electron chi connectivity index (χ2n) is 8.42. The van der Waals surface area contributed by atoms with E-state index in [-0.39, 0.29) is 17.5 Å². The van der Waals surface area contributed by atoms with Crippen LogP contribution in [0.3, 0.4) is 0 Å². The van der Waals surface area contributed by atoms with Gasteiger partial charge in [-0.3, -0.25) is 4.79 Å². The second-order valence-corrected chi connectivity index (χ2v) is 8.42. The van der Waals surface area contributed by atoms with Crippen LogP contribution >= 0.6 is 0 Å². The summed E-state index contributed by atoms with van der Waals surface area (Å²) in [6.07, 6.45) is 23.8. The van der Waals surface area contributed by atoms with Crippen LogP contribution in [-0.4, -0.2) is 25.3 Å². The fourth-order valence-corrected chi connectivity index (χ4v) is 3.01. The molecule has 0 radical (unpaired) electrons. The van der Waals surface area contributed by atoms with E-state index in [0.717, 1.165) is 25.9 Å². The lowest BCUT2D eigenvalue weighted by Crippen LogP contribution is -2.27. The quantitative estimate of drug-likeness (QED) is 0.121. The number of carbonyl (C=O) groups is 1. The van der Waals surface area contributed by atoms with Crippen LogP contribution in [0.5, 0.6) is 0 Å². The Morgan fingerprint density at radius 3 is 2.19 bits per heavy atom. The van der Waals surface area contributed by atoms with Crippen molar-refractivity contribution in [1.82, 2.24) is 0 Å². The Kier molecular flexibility index (Phi) is 13.2. The summed E-state index contributed by atoms with van der Waals surface area (Å²) in [5.74, 6) is -0.0810. The van der Waals surface area contributed by atoms with Gasteiger partial charge >= 0.3 is 5.97 Å². The Morgan fingerprint density at radius 2 is 1.56 bits per heavy atom. The lowest BCUT2D eigenvalue weighted by Gasteiger charge is -2.22. The van der Waals surface area contributed by atoms with Gasteiger partial charge in [0.15, 0.2) is 0 Å². The Hall–Kier alpha value is -1.09. The zero-order valence-corrected chi connectivity index (χ0v) is 18.0. The first kappa shape index (κ1) is 23.9. The Bertz CT molecular complexity index is 433. The van der Waals surface area contributed by atoms with Crippen LogP contribution in [-0.2, 0) is 14.3 Å². The van der Waals surface area contributed by atoms with Crippen molar-refractivity contribution < 1.29 is 14.3 Å². The zero-order valence-electron chi connectivity index (χ0n) is 18.0. The van der Waals surface area contributed by atoms with Gasteiger partial charge in [-0.05, 0) is 52.4 Å². The van der Waals surface area contributed by atoms with Crippen molar-refractivity contribution in [2.75, 3.05) is 13.2 Å².